The van der Waals surface area contributed by atoms with Crippen LogP contribution >= 0.6 is 11.3 Å². The van der Waals surface area contributed by atoms with Crippen LogP contribution in [0.4, 0.5) is 0 Å². The fourth-order valence-corrected chi connectivity index (χ4v) is 6.86. The van der Waals surface area contributed by atoms with Gasteiger partial charge in [0.1, 0.15) is 4.21 Å². The van der Waals surface area contributed by atoms with Crippen LogP contribution in [0.1, 0.15) is 37.5 Å². The highest BCUT2D eigenvalue weighted by molar-refractivity contribution is 7.91. The molecule has 0 radical (unpaired) electrons. The third-order valence-corrected chi connectivity index (χ3v) is 8.60. The summed E-state index contributed by atoms with van der Waals surface area (Å²) in [6, 6.07) is 3.75. The summed E-state index contributed by atoms with van der Waals surface area (Å²) in [5, 5.41) is 3.33. The number of amides is 1. The van der Waals surface area contributed by atoms with Gasteiger partial charge in [-0.1, -0.05) is 6.92 Å². The van der Waals surface area contributed by atoms with Crippen molar-refractivity contribution >= 4 is 27.3 Å². The first-order chi connectivity index (χ1) is 12.4. The molecule has 0 spiro atoms. The molecular formula is C18H29N3O3S2. The lowest BCUT2D eigenvalue weighted by molar-refractivity contribution is -0.138. The van der Waals surface area contributed by atoms with Gasteiger partial charge < -0.3 is 10.2 Å². The molecule has 0 aromatic carbocycles. The minimum atomic E-state index is -3.50. The standard InChI is InChI=1S/C18H29N3O3S2/c1-3-10-21(16-8-9-19-12-16)18(22)15-5-4-11-20(13-15)26(23,24)17-7-6-14(2)25-17/h6-7,15-16,19H,3-5,8-13H2,1-2H3. The van der Waals surface area contributed by atoms with E-state index in [1.165, 1.54) is 15.6 Å². The quantitative estimate of drug-likeness (QED) is 0.795. The third-order valence-electron chi connectivity index (χ3n) is 5.27. The van der Waals surface area contributed by atoms with Crippen molar-refractivity contribution in [2.24, 2.45) is 5.92 Å². The zero-order valence-corrected chi connectivity index (χ0v) is 17.2. The minimum absolute atomic E-state index is 0.128. The Morgan fingerprint density at radius 1 is 1.38 bits per heavy atom. The number of thiophene rings is 1. The maximum absolute atomic E-state index is 13.2. The van der Waals surface area contributed by atoms with Gasteiger partial charge in [0.15, 0.2) is 0 Å². The molecule has 2 aliphatic heterocycles. The van der Waals surface area contributed by atoms with Crippen LogP contribution in [-0.2, 0) is 14.8 Å². The molecule has 2 saturated heterocycles. The van der Waals surface area contributed by atoms with Crippen LogP contribution in [0.3, 0.4) is 0 Å². The van der Waals surface area contributed by atoms with Gasteiger partial charge in [-0.2, -0.15) is 4.31 Å². The van der Waals surface area contributed by atoms with E-state index < -0.39 is 10.0 Å². The van der Waals surface area contributed by atoms with E-state index >= 15 is 0 Å². The summed E-state index contributed by atoms with van der Waals surface area (Å²) in [6.45, 7) is 7.33. The molecule has 0 saturated carbocycles. The van der Waals surface area contributed by atoms with Crippen molar-refractivity contribution in [1.82, 2.24) is 14.5 Å². The molecule has 2 unspecified atom stereocenters. The Hall–Kier alpha value is -0.960. The Balaban J connectivity index is 1.73. The fourth-order valence-electron chi connectivity index (χ4n) is 3.89. The number of rotatable bonds is 6. The second kappa shape index (κ2) is 8.37. The molecule has 26 heavy (non-hydrogen) atoms. The van der Waals surface area contributed by atoms with Crippen LogP contribution < -0.4 is 5.32 Å². The summed E-state index contributed by atoms with van der Waals surface area (Å²) in [7, 11) is -3.50. The zero-order chi connectivity index (χ0) is 18.7. The molecule has 0 aliphatic carbocycles. The average Bonchev–Trinajstić information content (AvgIpc) is 3.31. The molecule has 6 nitrogen and oxygen atoms in total. The minimum Gasteiger partial charge on any atom is -0.338 e. The van der Waals surface area contributed by atoms with Crippen molar-refractivity contribution in [3.8, 4) is 0 Å². The second-order valence-corrected chi connectivity index (χ2v) is 10.7. The Morgan fingerprint density at radius 3 is 2.81 bits per heavy atom. The van der Waals surface area contributed by atoms with E-state index in [0.29, 0.717) is 17.3 Å². The summed E-state index contributed by atoms with van der Waals surface area (Å²) in [4.78, 5) is 16.1. The van der Waals surface area contributed by atoms with Crippen LogP contribution in [0.15, 0.2) is 16.3 Å². The molecule has 3 heterocycles. The molecule has 1 aromatic heterocycles. The van der Waals surface area contributed by atoms with Crippen molar-refractivity contribution in [3.63, 3.8) is 0 Å². The molecule has 1 aromatic rings. The first-order valence-corrected chi connectivity index (χ1v) is 11.8. The molecular weight excluding hydrogens is 370 g/mol. The maximum atomic E-state index is 13.2. The smallest absolute Gasteiger partial charge is 0.252 e. The Bertz CT molecular complexity index is 726. The highest BCUT2D eigenvalue weighted by Crippen LogP contribution is 2.29. The van der Waals surface area contributed by atoms with Gasteiger partial charge in [0, 0.05) is 37.1 Å². The van der Waals surface area contributed by atoms with Gasteiger partial charge in [-0.3, -0.25) is 4.79 Å². The van der Waals surface area contributed by atoms with Gasteiger partial charge >= 0.3 is 0 Å². The van der Waals surface area contributed by atoms with E-state index in [9.17, 15) is 13.2 Å². The second-order valence-electron chi connectivity index (χ2n) is 7.25. The van der Waals surface area contributed by atoms with E-state index in [2.05, 4.69) is 12.2 Å². The SMILES string of the molecule is CCCN(C(=O)C1CCCN(S(=O)(=O)c2ccc(C)s2)C1)C1CCNC1. The lowest BCUT2D eigenvalue weighted by Gasteiger charge is -2.36. The Kier molecular flexibility index (Phi) is 6.37. The number of nitrogens with one attached hydrogen (secondary N) is 1. The zero-order valence-electron chi connectivity index (χ0n) is 15.6. The van der Waals surface area contributed by atoms with E-state index in [-0.39, 0.29) is 17.9 Å². The van der Waals surface area contributed by atoms with E-state index in [0.717, 1.165) is 50.2 Å². The van der Waals surface area contributed by atoms with Gasteiger partial charge in [0.2, 0.25) is 5.91 Å². The van der Waals surface area contributed by atoms with E-state index in [1.54, 1.807) is 6.07 Å². The summed E-state index contributed by atoms with van der Waals surface area (Å²) < 4.78 is 27.7. The highest BCUT2D eigenvalue weighted by Gasteiger charge is 2.37. The number of hydrogen-bond acceptors (Lipinski definition) is 5. The summed E-state index contributed by atoms with van der Waals surface area (Å²) in [5.41, 5.74) is 0. The van der Waals surface area contributed by atoms with Crippen LogP contribution in [0.2, 0.25) is 0 Å². The molecule has 3 rings (SSSR count). The topological polar surface area (TPSA) is 69.7 Å². The predicted molar refractivity (Wildman–Crippen MR) is 104 cm³/mol. The number of nitrogens with zero attached hydrogens (tertiary/aromatic N) is 2. The molecule has 8 heteroatoms. The molecule has 1 N–H and O–H groups in total. The Labute approximate surface area is 160 Å². The number of carbonyl (C=O) groups is 1. The van der Waals surface area contributed by atoms with Crippen molar-refractivity contribution in [2.75, 3.05) is 32.7 Å². The first-order valence-electron chi connectivity index (χ1n) is 9.51. The number of hydrogen-bond donors (Lipinski definition) is 1. The number of carbonyl (C=O) groups excluding carboxylic acids is 1. The molecule has 2 aliphatic rings. The number of piperidine rings is 1. The molecule has 1 amide bonds. The normalized spacial score (nSPS) is 24.7. The number of aryl methyl sites for hydroxylation is 1. The maximum Gasteiger partial charge on any atom is 0.252 e. The average molecular weight is 400 g/mol. The summed E-state index contributed by atoms with van der Waals surface area (Å²) in [5.74, 6) is -0.102. The van der Waals surface area contributed by atoms with E-state index in [1.807, 2.05) is 17.9 Å². The lowest BCUT2D eigenvalue weighted by atomic mass is 9.97. The van der Waals surface area contributed by atoms with Crippen molar-refractivity contribution < 1.29 is 13.2 Å². The molecule has 146 valence electrons. The fraction of sp³-hybridized carbons (Fsp3) is 0.722. The monoisotopic (exact) mass is 399 g/mol. The summed E-state index contributed by atoms with van der Waals surface area (Å²) in [6.07, 6.45) is 3.41. The van der Waals surface area contributed by atoms with Crippen molar-refractivity contribution in [2.45, 2.75) is 49.8 Å². The lowest BCUT2D eigenvalue weighted by Crippen LogP contribution is -2.50. The molecule has 0 bridgehead atoms. The predicted octanol–water partition coefficient (Wildman–Crippen LogP) is 2.06. The number of sulfonamides is 1. The largest absolute Gasteiger partial charge is 0.338 e. The Morgan fingerprint density at radius 2 is 2.19 bits per heavy atom. The van der Waals surface area contributed by atoms with Gasteiger partial charge in [0.05, 0.1) is 5.92 Å². The molecule has 2 fully saturated rings. The highest BCUT2D eigenvalue weighted by atomic mass is 32.2. The van der Waals surface area contributed by atoms with Gasteiger partial charge in [-0.05, 0) is 51.3 Å². The first kappa shape index (κ1) is 19.8. The van der Waals surface area contributed by atoms with Gasteiger partial charge in [0.25, 0.3) is 10.0 Å². The van der Waals surface area contributed by atoms with Gasteiger partial charge in [-0.15, -0.1) is 11.3 Å². The third kappa shape index (κ3) is 4.13. The van der Waals surface area contributed by atoms with Crippen LogP contribution in [0.5, 0.6) is 0 Å². The molecule has 2 atom stereocenters. The van der Waals surface area contributed by atoms with Crippen molar-refractivity contribution in [1.29, 1.82) is 0 Å². The van der Waals surface area contributed by atoms with Gasteiger partial charge in [-0.25, -0.2) is 8.42 Å². The van der Waals surface area contributed by atoms with Crippen LogP contribution in [0, 0.1) is 12.8 Å². The van der Waals surface area contributed by atoms with E-state index in [4.69, 9.17) is 0 Å². The summed E-state index contributed by atoms with van der Waals surface area (Å²) >= 11 is 1.30. The van der Waals surface area contributed by atoms with Crippen molar-refractivity contribution in [3.05, 3.63) is 17.0 Å². The van der Waals surface area contributed by atoms with Crippen LogP contribution in [0.25, 0.3) is 0 Å². The van der Waals surface area contributed by atoms with Crippen LogP contribution in [-0.4, -0.2) is 62.3 Å².